The number of aromatic nitrogens is 3. The molecule has 5 bridgehead atoms. The molecule has 6 N–H and O–H groups in total. The van der Waals surface area contributed by atoms with Crippen molar-refractivity contribution in [2.45, 2.75) is 124 Å². The highest BCUT2D eigenvalue weighted by molar-refractivity contribution is 6.19. The third-order valence-electron chi connectivity index (χ3n) is 14.8. The van der Waals surface area contributed by atoms with Crippen molar-refractivity contribution in [2.24, 2.45) is 39.6 Å². The molecular formula is C52H70N8O12. The average molecular weight is 999 g/mol. The number of phenolic OH excluding ortho intramolecular Hbond substituents is 2. The maximum absolute atomic E-state index is 14.8. The number of carbonyl (C=O) groups excluding carboxylic acids is 4. The molecule has 20 heteroatoms. The molecule has 2 unspecified atom stereocenters. The number of hydrogen-bond acceptors (Lipinski definition) is 17. The molecule has 3 aromatic rings. The molecule has 20 nitrogen and oxygen atoms in total. The Bertz CT molecular complexity index is 2780. The average Bonchev–Trinajstić information content (AvgIpc) is 4.06. The van der Waals surface area contributed by atoms with Gasteiger partial charge in [-0.25, -0.2) is 4.68 Å². The molecule has 7 heterocycles. The number of rotatable bonds is 6. The summed E-state index contributed by atoms with van der Waals surface area (Å²) in [5.41, 5.74) is -0.623. The van der Waals surface area contributed by atoms with Crippen molar-refractivity contribution >= 4 is 40.0 Å². The van der Waals surface area contributed by atoms with Gasteiger partial charge in [0.1, 0.15) is 35.1 Å². The minimum atomic E-state index is -1.95. The number of nitrogens with one attached hydrogen (secondary N) is 1. The zero-order chi connectivity index (χ0) is 52.6. The van der Waals surface area contributed by atoms with Gasteiger partial charge in [-0.3, -0.25) is 29.2 Å². The first-order valence-electron chi connectivity index (χ1n) is 24.8. The van der Waals surface area contributed by atoms with Gasteiger partial charge >= 0.3 is 11.8 Å². The number of anilines is 1. The van der Waals surface area contributed by atoms with Crippen molar-refractivity contribution in [1.82, 2.24) is 24.8 Å². The fourth-order valence-corrected chi connectivity index (χ4v) is 10.4. The summed E-state index contributed by atoms with van der Waals surface area (Å²) in [4.78, 5) is 69.7. The standard InChI is InChI=1S/C51H66N8O11.CH4O/c1-26(2)23-57-18-15-51(16-19-57)54-39-36-37-44(64)32(8)47-38(36)48(66)50(9,70-47)68-21-11-14-28(4)46(69-35(61)22-34(60)58-24-33(25-58)59-20-17-52-56-59)31(7)43(63)30(6)42(62)27(3)12-10-13-29(5)49(67)53-41(45(37)65)40(39)55-51;1-2/h10-13,17,20-21,26-28,30-31,33,42-43,46,62-65H,14-16,18-19,22-25H2,1-9H3,(H,53,67);2H,1H3/b12-10+,21-11+,29-13-;/t27?,28-,30-,31-,42+,43-,46?,50+;/m1./s1. The number of ether oxygens (including phenoxy) is 3. The van der Waals surface area contributed by atoms with Gasteiger partial charge in [0.15, 0.2) is 11.4 Å². The summed E-state index contributed by atoms with van der Waals surface area (Å²) < 4.78 is 20.1. The maximum Gasteiger partial charge on any atom is 0.315 e. The molecule has 2 fully saturated rings. The van der Waals surface area contributed by atoms with Gasteiger partial charge in [0.05, 0.1) is 47.0 Å². The van der Waals surface area contributed by atoms with E-state index in [1.807, 2.05) is 6.92 Å². The number of fused-ring (bicyclic) bond motifs is 13. The minimum Gasteiger partial charge on any atom is -0.507 e. The maximum atomic E-state index is 14.8. The Morgan fingerprint density at radius 2 is 1.64 bits per heavy atom. The van der Waals surface area contributed by atoms with Crippen molar-refractivity contribution < 1.29 is 58.9 Å². The van der Waals surface area contributed by atoms with Crippen LogP contribution in [0.25, 0.3) is 10.8 Å². The number of phenols is 2. The number of allylic oxidation sites excluding steroid dienone is 3. The molecule has 8 atom stereocenters. The number of ketones is 1. The summed E-state index contributed by atoms with van der Waals surface area (Å²) >= 11 is 0. The monoisotopic (exact) mass is 999 g/mol. The van der Waals surface area contributed by atoms with Crippen LogP contribution >= 0.6 is 0 Å². The van der Waals surface area contributed by atoms with Gasteiger partial charge in [0.2, 0.25) is 5.91 Å². The molecule has 6 aliphatic heterocycles. The van der Waals surface area contributed by atoms with Gasteiger partial charge in [0.25, 0.3) is 11.7 Å². The highest BCUT2D eigenvalue weighted by Gasteiger charge is 2.50. The number of hydrogen-bond donors (Lipinski definition) is 6. The van der Waals surface area contributed by atoms with Gasteiger partial charge in [-0.2, -0.15) is 0 Å². The molecule has 2 aromatic carbocycles. The lowest BCUT2D eigenvalue weighted by molar-refractivity contribution is -0.163. The summed E-state index contributed by atoms with van der Waals surface area (Å²) in [6, 6.07) is -0.0501. The number of aliphatic hydroxyl groups is 3. The Hall–Kier alpha value is -6.22. The highest BCUT2D eigenvalue weighted by Crippen LogP contribution is 2.50. The number of carbonyl (C=O) groups is 4. The molecule has 6 aliphatic rings. The van der Waals surface area contributed by atoms with E-state index in [-0.39, 0.29) is 67.8 Å². The van der Waals surface area contributed by atoms with E-state index in [4.69, 9.17) is 29.3 Å². The zero-order valence-corrected chi connectivity index (χ0v) is 42.8. The number of Topliss-reactive ketones (excluding diaryl/α,β-unsaturated/α-hetero) is 1. The molecule has 390 valence electrons. The first-order valence-corrected chi connectivity index (χ1v) is 24.8. The number of likely N-dealkylation sites (tertiary alicyclic amines) is 2. The fourth-order valence-electron chi connectivity index (χ4n) is 10.4. The molecule has 2 amide bonds. The summed E-state index contributed by atoms with van der Waals surface area (Å²) in [6.07, 6.45) is 8.63. The molecule has 1 spiro atoms. The van der Waals surface area contributed by atoms with Crippen molar-refractivity contribution in [3.63, 3.8) is 0 Å². The molecule has 2 saturated heterocycles. The second-order valence-electron chi connectivity index (χ2n) is 20.5. The van der Waals surface area contributed by atoms with E-state index in [1.54, 1.807) is 76.0 Å². The quantitative estimate of drug-likeness (QED) is 0.117. The lowest BCUT2D eigenvalue weighted by Crippen LogP contribution is -2.51. The first kappa shape index (κ1) is 53.6. The van der Waals surface area contributed by atoms with Crippen molar-refractivity contribution in [1.29, 1.82) is 0 Å². The lowest BCUT2D eigenvalue weighted by Gasteiger charge is -2.39. The Morgan fingerprint density at radius 1 is 0.958 bits per heavy atom. The molecular weight excluding hydrogens is 929 g/mol. The molecule has 0 saturated carbocycles. The normalized spacial score (nSPS) is 29.4. The number of aliphatic hydroxyl groups excluding tert-OH is 3. The SMILES string of the molecule is C/C1=C/C=C/C(C)[C@H](O)[C@@H](C)[C@@H](O)[C@@H](C)C(OC(=O)CC(=O)N2CC(n3ccnn3)C2)[C@H](C)C/C=C/O[C@@]2(C)Oc3c(C)c(O)c4c(O)c(c5c(c4c3C2=O)=NC2(CCN(CC(C)C)CC2)N=5)NC1=O.CO. The van der Waals surface area contributed by atoms with E-state index in [0.29, 0.717) is 44.9 Å². The Balaban J connectivity index is 0.00000376. The van der Waals surface area contributed by atoms with Crippen LogP contribution in [0.5, 0.6) is 17.2 Å². The van der Waals surface area contributed by atoms with Crippen LogP contribution in [0, 0.1) is 36.5 Å². The van der Waals surface area contributed by atoms with Crippen LogP contribution in [0.3, 0.4) is 0 Å². The molecule has 9 rings (SSSR count). The van der Waals surface area contributed by atoms with Crippen LogP contribution in [0.15, 0.2) is 58.5 Å². The van der Waals surface area contributed by atoms with Crippen LogP contribution < -0.4 is 20.8 Å². The Labute approximate surface area is 418 Å². The summed E-state index contributed by atoms with van der Waals surface area (Å²) in [7, 11) is 1.00. The molecule has 0 radical (unpaired) electrons. The van der Waals surface area contributed by atoms with E-state index in [9.17, 15) is 39.6 Å². The van der Waals surface area contributed by atoms with Crippen LogP contribution in [0.1, 0.15) is 103 Å². The fraction of sp³-hybridized carbons (Fsp3) is 0.577. The van der Waals surface area contributed by atoms with Gasteiger partial charge in [-0.1, -0.05) is 65.0 Å². The number of benzene rings is 2. The minimum absolute atomic E-state index is 0.0322. The number of esters is 1. The molecule has 0 aliphatic carbocycles. The van der Waals surface area contributed by atoms with E-state index in [1.165, 1.54) is 18.1 Å². The Morgan fingerprint density at radius 3 is 2.29 bits per heavy atom. The predicted octanol–water partition coefficient (Wildman–Crippen LogP) is 3.78. The topological polar surface area (TPSA) is 271 Å². The smallest absolute Gasteiger partial charge is 0.315 e. The lowest BCUT2D eigenvalue weighted by atomic mass is 9.79. The highest BCUT2D eigenvalue weighted by atomic mass is 16.7. The van der Waals surface area contributed by atoms with Gasteiger partial charge in [0, 0.05) is 100 Å². The van der Waals surface area contributed by atoms with Crippen LogP contribution in [0.2, 0.25) is 0 Å². The van der Waals surface area contributed by atoms with Gasteiger partial charge < -0.3 is 54.9 Å². The largest absolute Gasteiger partial charge is 0.507 e. The third-order valence-corrected chi connectivity index (χ3v) is 14.8. The van der Waals surface area contributed by atoms with E-state index in [0.717, 1.165) is 13.7 Å². The van der Waals surface area contributed by atoms with E-state index >= 15 is 0 Å². The Kier molecular flexibility index (Phi) is 16.0. The van der Waals surface area contributed by atoms with Crippen molar-refractivity contribution in [3.05, 3.63) is 70.4 Å². The number of nitrogens with zero attached hydrogens (tertiary/aromatic N) is 7. The van der Waals surface area contributed by atoms with Gasteiger partial charge in [-0.05, 0) is 38.2 Å². The molecule has 1 aromatic heterocycles. The van der Waals surface area contributed by atoms with Crippen LogP contribution in [0.4, 0.5) is 5.69 Å². The second kappa shape index (κ2) is 21.5. The number of aromatic hydroxyl groups is 2. The summed E-state index contributed by atoms with van der Waals surface area (Å²) in [5, 5.41) is 65.5. The van der Waals surface area contributed by atoms with Crippen LogP contribution in [-0.2, 0) is 23.9 Å². The summed E-state index contributed by atoms with van der Waals surface area (Å²) in [5.74, 6) is -7.21. The predicted molar refractivity (Wildman–Crippen MR) is 264 cm³/mol. The number of amides is 2. The second-order valence-corrected chi connectivity index (χ2v) is 20.5. The summed E-state index contributed by atoms with van der Waals surface area (Å²) in [6.45, 7) is 18.9. The van der Waals surface area contributed by atoms with Crippen LogP contribution in [-0.4, -0.2) is 143 Å². The first-order chi connectivity index (χ1) is 34.1. The third kappa shape index (κ3) is 10.4. The van der Waals surface area contributed by atoms with E-state index < -0.39 is 89.2 Å². The van der Waals surface area contributed by atoms with Crippen molar-refractivity contribution in [3.8, 4) is 17.2 Å². The van der Waals surface area contributed by atoms with Crippen molar-refractivity contribution in [2.75, 3.05) is 45.2 Å². The van der Waals surface area contributed by atoms with Gasteiger partial charge in [-0.15, -0.1) is 5.10 Å². The zero-order valence-electron chi connectivity index (χ0n) is 42.8. The molecule has 72 heavy (non-hydrogen) atoms. The van der Waals surface area contributed by atoms with E-state index in [2.05, 4.69) is 34.4 Å². The number of piperidine rings is 1.